The third kappa shape index (κ3) is 4.57. The zero-order valence-corrected chi connectivity index (χ0v) is 16.0. The van der Waals surface area contributed by atoms with Gasteiger partial charge in [-0.05, 0) is 28.7 Å². The molecule has 1 heterocycles. The van der Waals surface area contributed by atoms with Gasteiger partial charge in [-0.1, -0.05) is 56.4 Å². The van der Waals surface area contributed by atoms with Crippen LogP contribution in [0.5, 0.6) is 0 Å². The highest BCUT2D eigenvalue weighted by molar-refractivity contribution is 7.22. The first-order chi connectivity index (χ1) is 12.7. The minimum absolute atomic E-state index is 0.00243. The molecular weight excluding hydrogens is 362 g/mol. The van der Waals surface area contributed by atoms with E-state index >= 15 is 0 Å². The highest BCUT2D eigenvalue weighted by Gasteiger charge is 2.13. The van der Waals surface area contributed by atoms with Crippen molar-refractivity contribution in [3.8, 4) is 0 Å². The van der Waals surface area contributed by atoms with Gasteiger partial charge in [0.25, 0.3) is 5.69 Å². The van der Waals surface area contributed by atoms with Crippen LogP contribution in [0.2, 0.25) is 0 Å². The molecule has 3 aromatic rings. The van der Waals surface area contributed by atoms with Crippen LogP contribution in [0.15, 0.2) is 48.5 Å². The van der Waals surface area contributed by atoms with Gasteiger partial charge in [-0.25, -0.2) is 4.98 Å². The highest BCUT2D eigenvalue weighted by atomic mass is 32.1. The molecule has 1 N–H and O–H groups in total. The number of nitro benzene ring substituents is 1. The second-order valence-corrected chi connectivity index (χ2v) is 8.15. The predicted molar refractivity (Wildman–Crippen MR) is 109 cm³/mol. The third-order valence-electron chi connectivity index (χ3n) is 4.02. The van der Waals surface area contributed by atoms with Crippen molar-refractivity contribution >= 4 is 44.4 Å². The van der Waals surface area contributed by atoms with E-state index in [9.17, 15) is 14.9 Å². The molecule has 1 aromatic heterocycles. The Bertz CT molecular complexity index is 1030. The van der Waals surface area contributed by atoms with Gasteiger partial charge in [0.15, 0.2) is 5.13 Å². The van der Waals surface area contributed by atoms with E-state index in [4.69, 9.17) is 0 Å². The predicted octanol–water partition coefficient (Wildman–Crippen LogP) is 5.15. The molecule has 7 heteroatoms. The number of nitrogens with one attached hydrogen (secondary N) is 1. The molecule has 0 unspecified atom stereocenters. The zero-order chi connectivity index (χ0) is 19.6. The number of anilines is 1. The van der Waals surface area contributed by atoms with E-state index in [-0.39, 0.29) is 17.0 Å². The lowest BCUT2D eigenvalue weighted by atomic mass is 9.87. The van der Waals surface area contributed by atoms with Crippen LogP contribution < -0.4 is 5.32 Å². The van der Waals surface area contributed by atoms with E-state index < -0.39 is 4.92 Å². The van der Waals surface area contributed by atoms with Crippen LogP contribution in [-0.2, 0) is 10.2 Å². The summed E-state index contributed by atoms with van der Waals surface area (Å²) in [7, 11) is 0. The van der Waals surface area contributed by atoms with E-state index in [1.807, 2.05) is 12.1 Å². The quantitative estimate of drug-likeness (QED) is 0.384. The number of rotatable bonds is 4. The Morgan fingerprint density at radius 3 is 2.52 bits per heavy atom. The van der Waals surface area contributed by atoms with Crippen LogP contribution in [0.4, 0.5) is 10.8 Å². The fraction of sp³-hybridized carbons (Fsp3) is 0.200. The van der Waals surface area contributed by atoms with Gasteiger partial charge in [0, 0.05) is 18.2 Å². The molecule has 0 aliphatic heterocycles. The number of carbonyl (C=O) groups is 1. The molecule has 1 amide bonds. The van der Waals surface area contributed by atoms with E-state index in [0.29, 0.717) is 15.3 Å². The maximum atomic E-state index is 12.1. The van der Waals surface area contributed by atoms with Crippen molar-refractivity contribution in [3.05, 3.63) is 69.8 Å². The van der Waals surface area contributed by atoms with Gasteiger partial charge in [0.05, 0.1) is 15.1 Å². The normalized spacial score (nSPS) is 11.8. The number of fused-ring (bicyclic) bond motifs is 1. The number of hydrogen-bond donors (Lipinski definition) is 1. The summed E-state index contributed by atoms with van der Waals surface area (Å²) in [4.78, 5) is 26.8. The number of carbonyl (C=O) groups excluding carboxylic acids is 1. The molecule has 0 saturated heterocycles. The third-order valence-corrected chi connectivity index (χ3v) is 4.95. The van der Waals surface area contributed by atoms with Gasteiger partial charge in [-0.15, -0.1) is 0 Å². The Kier molecular flexibility index (Phi) is 5.05. The Labute approximate surface area is 160 Å². The molecule has 0 fully saturated rings. The molecule has 0 atom stereocenters. The molecule has 0 aliphatic carbocycles. The summed E-state index contributed by atoms with van der Waals surface area (Å²) in [5.41, 5.74) is 2.86. The maximum Gasteiger partial charge on any atom is 0.270 e. The summed E-state index contributed by atoms with van der Waals surface area (Å²) >= 11 is 1.20. The van der Waals surface area contributed by atoms with E-state index in [2.05, 4.69) is 43.2 Å². The first-order valence-corrected chi connectivity index (χ1v) is 9.18. The minimum Gasteiger partial charge on any atom is -0.298 e. The number of benzene rings is 2. The smallest absolute Gasteiger partial charge is 0.270 e. The first kappa shape index (κ1) is 18.7. The lowest BCUT2D eigenvalue weighted by Crippen LogP contribution is -2.10. The molecular formula is C20H19N3O3S. The topological polar surface area (TPSA) is 85.1 Å². The Hall–Kier alpha value is -3.06. The molecule has 0 saturated carbocycles. The number of nitrogens with zero attached hydrogens (tertiary/aromatic N) is 2. The van der Waals surface area contributed by atoms with E-state index in [0.717, 1.165) is 5.56 Å². The van der Waals surface area contributed by atoms with Gasteiger partial charge >= 0.3 is 0 Å². The van der Waals surface area contributed by atoms with Crippen LogP contribution >= 0.6 is 11.3 Å². The summed E-state index contributed by atoms with van der Waals surface area (Å²) in [6.45, 7) is 6.45. The number of hydrogen-bond acceptors (Lipinski definition) is 5. The summed E-state index contributed by atoms with van der Waals surface area (Å²) in [5, 5.41) is 13.9. The summed E-state index contributed by atoms with van der Waals surface area (Å²) in [6, 6.07) is 12.5. The van der Waals surface area contributed by atoms with Crippen LogP contribution in [0, 0.1) is 10.1 Å². The lowest BCUT2D eigenvalue weighted by Gasteiger charge is -2.18. The standard InChI is InChI=1S/C20H19N3O3S/c1-20(2,3)14-7-4-13(5-8-14)6-11-18(24)22-19-21-16-10-9-15(23(25)26)12-17(16)27-19/h4-12H,1-3H3,(H,21,22,24)/b11-6+. The maximum absolute atomic E-state index is 12.1. The van der Waals surface area contributed by atoms with Crippen molar-refractivity contribution in [2.45, 2.75) is 26.2 Å². The molecule has 138 valence electrons. The molecule has 0 aliphatic rings. The van der Waals surface area contributed by atoms with Crippen molar-refractivity contribution in [3.63, 3.8) is 0 Å². The molecule has 2 aromatic carbocycles. The van der Waals surface area contributed by atoms with Gasteiger partial charge < -0.3 is 0 Å². The average molecular weight is 381 g/mol. The lowest BCUT2D eigenvalue weighted by molar-refractivity contribution is -0.384. The number of amides is 1. The molecule has 0 radical (unpaired) electrons. The zero-order valence-electron chi connectivity index (χ0n) is 15.2. The van der Waals surface area contributed by atoms with E-state index in [1.54, 1.807) is 12.1 Å². The molecule has 6 nitrogen and oxygen atoms in total. The van der Waals surface area contributed by atoms with Gasteiger partial charge in [0.2, 0.25) is 5.91 Å². The van der Waals surface area contributed by atoms with Crippen molar-refractivity contribution in [2.75, 3.05) is 5.32 Å². The van der Waals surface area contributed by atoms with Crippen molar-refractivity contribution in [1.29, 1.82) is 0 Å². The number of thiazole rings is 1. The van der Waals surface area contributed by atoms with E-state index in [1.165, 1.54) is 35.1 Å². The fourth-order valence-corrected chi connectivity index (χ4v) is 3.40. The number of nitro groups is 1. The van der Waals surface area contributed by atoms with Gasteiger partial charge in [0.1, 0.15) is 0 Å². The average Bonchev–Trinajstić information content (AvgIpc) is 3.00. The first-order valence-electron chi connectivity index (χ1n) is 8.37. The molecule has 27 heavy (non-hydrogen) atoms. The summed E-state index contributed by atoms with van der Waals surface area (Å²) in [6.07, 6.45) is 3.18. The van der Waals surface area contributed by atoms with Crippen molar-refractivity contribution < 1.29 is 9.72 Å². The number of aromatic nitrogens is 1. The Morgan fingerprint density at radius 2 is 1.89 bits per heavy atom. The molecule has 3 rings (SSSR count). The SMILES string of the molecule is CC(C)(C)c1ccc(/C=C/C(=O)Nc2nc3ccc([N+](=O)[O-])cc3s2)cc1. The summed E-state index contributed by atoms with van der Waals surface area (Å²) < 4.78 is 0.654. The van der Waals surface area contributed by atoms with Crippen LogP contribution in [0.3, 0.4) is 0 Å². The second kappa shape index (κ2) is 7.28. The van der Waals surface area contributed by atoms with Crippen LogP contribution in [0.25, 0.3) is 16.3 Å². The fourth-order valence-electron chi connectivity index (χ4n) is 2.49. The Morgan fingerprint density at radius 1 is 1.19 bits per heavy atom. The monoisotopic (exact) mass is 381 g/mol. The Balaban J connectivity index is 1.69. The van der Waals surface area contributed by atoms with Crippen molar-refractivity contribution in [1.82, 2.24) is 4.98 Å². The van der Waals surface area contributed by atoms with Crippen molar-refractivity contribution in [2.24, 2.45) is 0 Å². The minimum atomic E-state index is -0.453. The molecule has 0 spiro atoms. The largest absolute Gasteiger partial charge is 0.298 e. The molecule has 0 bridgehead atoms. The highest BCUT2D eigenvalue weighted by Crippen LogP contribution is 2.29. The van der Waals surface area contributed by atoms with Crippen LogP contribution in [-0.4, -0.2) is 15.8 Å². The van der Waals surface area contributed by atoms with Gasteiger partial charge in [-0.2, -0.15) is 0 Å². The second-order valence-electron chi connectivity index (χ2n) is 7.12. The van der Waals surface area contributed by atoms with Gasteiger partial charge in [-0.3, -0.25) is 20.2 Å². The number of non-ortho nitro benzene ring substituents is 1. The van der Waals surface area contributed by atoms with Crippen LogP contribution in [0.1, 0.15) is 31.9 Å². The summed E-state index contributed by atoms with van der Waals surface area (Å²) in [5.74, 6) is -0.302.